The maximum atomic E-state index is 14.2. The summed E-state index contributed by atoms with van der Waals surface area (Å²) < 4.78 is 16.3. The van der Waals surface area contributed by atoms with Crippen LogP contribution in [-0.2, 0) is 38.2 Å². The summed E-state index contributed by atoms with van der Waals surface area (Å²) in [5.74, 6) is -2.98. The number of nitrogens with zero attached hydrogens (tertiary/aromatic N) is 2. The van der Waals surface area contributed by atoms with E-state index in [2.05, 4.69) is 0 Å². The number of esters is 1. The van der Waals surface area contributed by atoms with Crippen molar-refractivity contribution >= 4 is 46.3 Å². The minimum absolute atomic E-state index is 0.00783. The van der Waals surface area contributed by atoms with E-state index in [1.807, 2.05) is 0 Å². The molecular weight excluding hydrogens is 564 g/mol. The van der Waals surface area contributed by atoms with Gasteiger partial charge in [0, 0.05) is 39.9 Å². The van der Waals surface area contributed by atoms with Crippen molar-refractivity contribution in [1.82, 2.24) is 9.80 Å². The maximum Gasteiger partial charge on any atom is 0.348 e. The number of methoxy groups -OCH3 is 2. The van der Waals surface area contributed by atoms with E-state index < -0.39 is 54.1 Å². The number of Topliss-reactive ketones (excluding diaryl/α,β-unsaturated/α-hetero) is 4. The van der Waals surface area contributed by atoms with Gasteiger partial charge in [0.05, 0.1) is 38.4 Å². The van der Waals surface area contributed by atoms with Crippen LogP contribution >= 0.6 is 11.3 Å². The lowest BCUT2D eigenvalue weighted by molar-refractivity contribution is -0.155. The Morgan fingerprint density at radius 1 is 0.905 bits per heavy atom. The van der Waals surface area contributed by atoms with Gasteiger partial charge in [0.25, 0.3) is 0 Å². The zero-order chi connectivity index (χ0) is 30.2. The Balaban J connectivity index is 1.49. The Kier molecular flexibility index (Phi) is 6.65. The van der Waals surface area contributed by atoms with Gasteiger partial charge in [0.15, 0.2) is 23.1 Å². The number of carbonyl (C=O) groups is 6. The number of rotatable bonds is 5. The number of likely N-dealkylation sites (N-methyl/N-ethyl adjacent to an activating group) is 1. The average Bonchev–Trinajstić information content (AvgIpc) is 3.51. The molecule has 1 amide bonds. The molecule has 0 spiro atoms. The average molecular weight is 593 g/mol. The first-order valence-corrected chi connectivity index (χ1v) is 14.3. The molecule has 0 N–H and O–H groups in total. The number of amides is 1. The van der Waals surface area contributed by atoms with Crippen molar-refractivity contribution in [1.29, 1.82) is 0 Å². The lowest BCUT2D eigenvalue weighted by Crippen LogP contribution is -2.73. The molecule has 5 aliphatic rings. The molecule has 0 radical (unpaired) electrons. The first-order valence-electron chi connectivity index (χ1n) is 13.4. The van der Waals surface area contributed by atoms with Crippen LogP contribution in [0.5, 0.6) is 0 Å². The molecular formula is C30H28N2O9S. The Bertz CT molecular complexity index is 1630. The highest BCUT2D eigenvalue weighted by molar-refractivity contribution is 7.11. The fourth-order valence-electron chi connectivity index (χ4n) is 7.00. The van der Waals surface area contributed by atoms with Gasteiger partial charge in [-0.25, -0.2) is 4.79 Å². The van der Waals surface area contributed by atoms with Gasteiger partial charge < -0.3 is 19.1 Å². The van der Waals surface area contributed by atoms with Crippen molar-refractivity contribution in [2.75, 3.05) is 27.9 Å². The Morgan fingerprint density at radius 3 is 2.07 bits per heavy atom. The van der Waals surface area contributed by atoms with E-state index in [9.17, 15) is 28.8 Å². The standard InChI is InChI=1S/C30H28N2O9S/c1-12-23(33)14-9-16-22-21-15(24(34)13(2)28(40-5)26(21)36)10-17(31(22)3)29(37)32(16)18(20(14)25(35)27(12)39-4)11-41-30(38)19-7-6-8-42-19/h6-8,16-18,22H,9-11H2,1-5H3/t16-,17-,18-,22-/m0/s1. The Morgan fingerprint density at radius 2 is 1.50 bits per heavy atom. The number of ether oxygens (including phenoxy) is 3. The summed E-state index contributed by atoms with van der Waals surface area (Å²) in [6.07, 6.45) is -0.0492. The molecule has 2 bridgehead atoms. The highest BCUT2D eigenvalue weighted by atomic mass is 32.1. The maximum absolute atomic E-state index is 14.2. The van der Waals surface area contributed by atoms with Gasteiger partial charge in [-0.15, -0.1) is 11.3 Å². The topological polar surface area (TPSA) is 137 Å². The van der Waals surface area contributed by atoms with Gasteiger partial charge in [-0.3, -0.25) is 28.9 Å². The summed E-state index contributed by atoms with van der Waals surface area (Å²) in [6, 6.07) is -0.213. The molecule has 1 saturated heterocycles. The predicted octanol–water partition coefficient (Wildman–Crippen LogP) is 1.70. The van der Waals surface area contributed by atoms with Crippen LogP contribution in [0.2, 0.25) is 0 Å². The smallest absolute Gasteiger partial charge is 0.348 e. The van der Waals surface area contributed by atoms with Crippen molar-refractivity contribution < 1.29 is 43.0 Å². The highest BCUT2D eigenvalue weighted by Crippen LogP contribution is 2.47. The third kappa shape index (κ3) is 3.74. The molecule has 1 aromatic rings. The molecule has 1 fully saturated rings. The lowest BCUT2D eigenvalue weighted by atomic mass is 9.69. The number of allylic oxidation sites excluding steroid dienone is 4. The fourth-order valence-corrected chi connectivity index (χ4v) is 7.62. The third-order valence-electron chi connectivity index (χ3n) is 8.93. The summed E-state index contributed by atoms with van der Waals surface area (Å²) in [7, 11) is 4.33. The van der Waals surface area contributed by atoms with Crippen LogP contribution in [0.15, 0.2) is 62.5 Å². The highest BCUT2D eigenvalue weighted by Gasteiger charge is 2.59. The van der Waals surface area contributed by atoms with Crippen LogP contribution in [-0.4, -0.2) is 96.9 Å². The molecule has 3 aliphatic heterocycles. The number of ketones is 4. The molecule has 1 aromatic heterocycles. The van der Waals surface area contributed by atoms with Crippen LogP contribution in [0, 0.1) is 0 Å². The molecule has 4 atom stereocenters. The van der Waals surface area contributed by atoms with E-state index in [4.69, 9.17) is 14.2 Å². The lowest BCUT2D eigenvalue weighted by Gasteiger charge is -2.57. The van der Waals surface area contributed by atoms with Gasteiger partial charge in [-0.1, -0.05) is 6.07 Å². The number of hydrogen-bond acceptors (Lipinski definition) is 11. The molecule has 11 nitrogen and oxygen atoms in total. The summed E-state index contributed by atoms with van der Waals surface area (Å²) in [6.45, 7) is 2.63. The Labute approximate surface area is 245 Å². The van der Waals surface area contributed by atoms with E-state index in [0.717, 1.165) is 0 Å². The summed E-state index contributed by atoms with van der Waals surface area (Å²) in [5, 5.41) is 1.72. The van der Waals surface area contributed by atoms with E-state index in [0.29, 0.717) is 4.88 Å². The number of hydrogen-bond donors (Lipinski definition) is 0. The summed E-state index contributed by atoms with van der Waals surface area (Å²) in [5.41, 5.74) is 1.02. The second-order valence-electron chi connectivity index (χ2n) is 10.9. The molecule has 42 heavy (non-hydrogen) atoms. The van der Waals surface area contributed by atoms with Gasteiger partial charge in [0.1, 0.15) is 11.5 Å². The van der Waals surface area contributed by atoms with Crippen LogP contribution < -0.4 is 0 Å². The van der Waals surface area contributed by atoms with Crippen molar-refractivity contribution in [3.05, 3.63) is 67.3 Å². The largest absolute Gasteiger partial charge is 0.492 e. The van der Waals surface area contributed by atoms with Crippen molar-refractivity contribution in [3.8, 4) is 0 Å². The number of thiophene rings is 1. The predicted molar refractivity (Wildman–Crippen MR) is 147 cm³/mol. The molecule has 6 rings (SSSR count). The number of carbonyl (C=O) groups excluding carboxylic acids is 6. The van der Waals surface area contributed by atoms with Gasteiger partial charge in [-0.05, 0) is 38.8 Å². The molecule has 12 heteroatoms. The Hall–Kier alpha value is -4.16. The second kappa shape index (κ2) is 9.99. The number of piperazine rings is 1. The van der Waals surface area contributed by atoms with Crippen LogP contribution in [0.1, 0.15) is 36.4 Å². The molecule has 4 heterocycles. The van der Waals surface area contributed by atoms with E-state index >= 15 is 0 Å². The normalized spacial score (nSPS) is 27.8. The summed E-state index contributed by atoms with van der Waals surface area (Å²) >= 11 is 1.18. The van der Waals surface area contributed by atoms with E-state index in [-0.39, 0.29) is 69.5 Å². The van der Waals surface area contributed by atoms with Crippen LogP contribution in [0.25, 0.3) is 0 Å². The fraction of sp³-hybridized carbons (Fsp3) is 0.400. The van der Waals surface area contributed by atoms with Crippen molar-refractivity contribution in [3.63, 3.8) is 0 Å². The monoisotopic (exact) mass is 592 g/mol. The molecule has 0 unspecified atom stereocenters. The zero-order valence-corrected chi connectivity index (χ0v) is 24.5. The van der Waals surface area contributed by atoms with Gasteiger partial charge in [-0.2, -0.15) is 0 Å². The van der Waals surface area contributed by atoms with Gasteiger partial charge >= 0.3 is 5.97 Å². The minimum Gasteiger partial charge on any atom is -0.492 e. The van der Waals surface area contributed by atoms with Crippen LogP contribution in [0.4, 0.5) is 0 Å². The third-order valence-corrected chi connectivity index (χ3v) is 9.78. The quantitative estimate of drug-likeness (QED) is 0.367. The SMILES string of the molecule is COC1=C(C)C(=O)C2=C(C1=O)[C@@H]1[C@@H]3CC4=C(C(=O)C(OC)=C(C)C4=O)[C@H](COC(=O)c4cccs4)N3C(=O)[C@H](C2)N1C. The van der Waals surface area contributed by atoms with Crippen molar-refractivity contribution in [2.45, 2.75) is 50.9 Å². The minimum atomic E-state index is -1.11. The molecule has 0 saturated carbocycles. The zero-order valence-electron chi connectivity index (χ0n) is 23.6. The first kappa shape index (κ1) is 28.0. The summed E-state index contributed by atoms with van der Waals surface area (Å²) in [4.78, 5) is 85.2. The number of fused-ring (bicyclic) bond motifs is 5. The van der Waals surface area contributed by atoms with Crippen LogP contribution in [0.3, 0.4) is 0 Å². The van der Waals surface area contributed by atoms with Crippen molar-refractivity contribution in [2.24, 2.45) is 0 Å². The first-order chi connectivity index (χ1) is 20.0. The molecule has 218 valence electrons. The molecule has 2 aliphatic carbocycles. The molecule has 0 aromatic carbocycles. The van der Waals surface area contributed by atoms with E-state index in [1.165, 1.54) is 44.3 Å². The van der Waals surface area contributed by atoms with E-state index in [1.54, 1.807) is 29.5 Å². The van der Waals surface area contributed by atoms with Gasteiger partial charge in [0.2, 0.25) is 17.5 Å². The second-order valence-corrected chi connectivity index (χ2v) is 11.8.